The summed E-state index contributed by atoms with van der Waals surface area (Å²) in [7, 11) is 0. The normalized spacial score (nSPS) is 25.4. The standard InChI is InChI=1S/C12H12Br2O2/c13-10-4-2-9(3-5-10)11(15)12(14)6-1-7-16-8-12/h2-5H,1,6-8H2. The van der Waals surface area contributed by atoms with E-state index in [9.17, 15) is 4.79 Å². The second-order valence-electron chi connectivity index (χ2n) is 3.96. The number of halogens is 2. The van der Waals surface area contributed by atoms with E-state index in [1.54, 1.807) is 0 Å². The Morgan fingerprint density at radius 2 is 2.00 bits per heavy atom. The molecule has 0 amide bonds. The largest absolute Gasteiger partial charge is 0.380 e. The maximum atomic E-state index is 12.3. The number of carbonyl (C=O) groups excluding carboxylic acids is 1. The SMILES string of the molecule is O=C(c1ccc(Br)cc1)C1(Br)CCCOC1. The van der Waals surface area contributed by atoms with Crippen molar-refractivity contribution >= 4 is 37.6 Å². The highest BCUT2D eigenvalue weighted by atomic mass is 79.9. The summed E-state index contributed by atoms with van der Waals surface area (Å²) in [5.41, 5.74) is 0.727. The van der Waals surface area contributed by atoms with Crippen molar-refractivity contribution in [3.8, 4) is 0 Å². The van der Waals surface area contributed by atoms with Gasteiger partial charge in [0.2, 0.25) is 0 Å². The maximum absolute atomic E-state index is 12.3. The highest BCUT2D eigenvalue weighted by Crippen LogP contribution is 2.32. The number of benzene rings is 1. The van der Waals surface area contributed by atoms with E-state index in [1.165, 1.54) is 0 Å². The molecule has 16 heavy (non-hydrogen) atoms. The van der Waals surface area contributed by atoms with Gasteiger partial charge in [-0.2, -0.15) is 0 Å². The predicted molar refractivity (Wildman–Crippen MR) is 70.2 cm³/mol. The van der Waals surface area contributed by atoms with E-state index in [-0.39, 0.29) is 5.78 Å². The van der Waals surface area contributed by atoms with Crippen molar-refractivity contribution in [1.82, 2.24) is 0 Å². The molecule has 1 heterocycles. The molecule has 1 atom stereocenters. The van der Waals surface area contributed by atoms with Gasteiger partial charge in [0, 0.05) is 16.6 Å². The Balaban J connectivity index is 2.20. The summed E-state index contributed by atoms with van der Waals surface area (Å²) in [4.78, 5) is 12.3. The number of hydrogen-bond donors (Lipinski definition) is 0. The monoisotopic (exact) mass is 346 g/mol. The highest BCUT2D eigenvalue weighted by molar-refractivity contribution is 9.10. The number of alkyl halides is 1. The van der Waals surface area contributed by atoms with Crippen molar-refractivity contribution in [2.75, 3.05) is 13.2 Å². The molecular formula is C12H12Br2O2. The fraction of sp³-hybridized carbons (Fsp3) is 0.417. The molecule has 0 spiro atoms. The van der Waals surface area contributed by atoms with Crippen molar-refractivity contribution in [3.05, 3.63) is 34.3 Å². The van der Waals surface area contributed by atoms with E-state index < -0.39 is 4.32 Å². The minimum absolute atomic E-state index is 0.111. The van der Waals surface area contributed by atoms with Crippen molar-refractivity contribution in [1.29, 1.82) is 0 Å². The summed E-state index contributed by atoms with van der Waals surface area (Å²) >= 11 is 6.89. The van der Waals surface area contributed by atoms with Gasteiger partial charge in [-0.25, -0.2) is 0 Å². The summed E-state index contributed by atoms with van der Waals surface area (Å²) in [5.74, 6) is 0.111. The highest BCUT2D eigenvalue weighted by Gasteiger charge is 2.38. The first-order valence-corrected chi connectivity index (χ1v) is 6.77. The van der Waals surface area contributed by atoms with Crippen molar-refractivity contribution in [2.45, 2.75) is 17.2 Å². The van der Waals surface area contributed by atoms with Crippen LogP contribution < -0.4 is 0 Å². The lowest BCUT2D eigenvalue weighted by molar-refractivity contribution is 0.0578. The molecule has 2 nitrogen and oxygen atoms in total. The van der Waals surface area contributed by atoms with Crippen LogP contribution in [0.4, 0.5) is 0 Å². The van der Waals surface area contributed by atoms with E-state index in [4.69, 9.17) is 4.74 Å². The minimum atomic E-state index is -0.529. The Labute approximate surface area is 112 Å². The summed E-state index contributed by atoms with van der Waals surface area (Å²) in [6.45, 7) is 1.21. The van der Waals surface area contributed by atoms with E-state index in [2.05, 4.69) is 31.9 Å². The smallest absolute Gasteiger partial charge is 0.181 e. The van der Waals surface area contributed by atoms with Crippen molar-refractivity contribution in [2.24, 2.45) is 0 Å². The molecule has 2 rings (SSSR count). The van der Waals surface area contributed by atoms with Crippen LogP contribution in [0.15, 0.2) is 28.7 Å². The first kappa shape index (κ1) is 12.3. The Kier molecular flexibility index (Phi) is 3.82. The number of Topliss-reactive ketones (excluding diaryl/α,β-unsaturated/α-hetero) is 1. The number of ketones is 1. The number of ether oxygens (including phenoxy) is 1. The van der Waals surface area contributed by atoms with Crippen molar-refractivity contribution < 1.29 is 9.53 Å². The Morgan fingerprint density at radius 3 is 2.56 bits per heavy atom. The summed E-state index contributed by atoms with van der Waals surface area (Å²) in [6, 6.07) is 7.44. The topological polar surface area (TPSA) is 26.3 Å². The third-order valence-corrected chi connectivity index (χ3v) is 4.22. The molecule has 0 aromatic heterocycles. The molecule has 1 aliphatic rings. The number of hydrogen-bond acceptors (Lipinski definition) is 2. The first-order valence-electron chi connectivity index (χ1n) is 5.19. The average molecular weight is 348 g/mol. The maximum Gasteiger partial charge on any atom is 0.181 e. The van der Waals surface area contributed by atoms with Crippen LogP contribution in [0.2, 0.25) is 0 Å². The second-order valence-corrected chi connectivity index (χ2v) is 6.39. The van der Waals surface area contributed by atoms with Crippen LogP contribution in [-0.4, -0.2) is 23.3 Å². The molecule has 4 heteroatoms. The van der Waals surface area contributed by atoms with Gasteiger partial charge in [0.05, 0.1) is 6.61 Å². The Morgan fingerprint density at radius 1 is 1.31 bits per heavy atom. The molecule has 1 aliphatic heterocycles. The Bertz CT molecular complexity index is 381. The summed E-state index contributed by atoms with van der Waals surface area (Å²) in [6.07, 6.45) is 1.76. The zero-order chi connectivity index (χ0) is 11.6. The van der Waals surface area contributed by atoms with Crippen LogP contribution >= 0.6 is 31.9 Å². The minimum Gasteiger partial charge on any atom is -0.380 e. The van der Waals surface area contributed by atoms with Crippen LogP contribution in [0.1, 0.15) is 23.2 Å². The molecule has 1 fully saturated rings. The van der Waals surface area contributed by atoms with Crippen LogP contribution in [0.5, 0.6) is 0 Å². The van der Waals surface area contributed by atoms with Gasteiger partial charge < -0.3 is 4.74 Å². The molecule has 86 valence electrons. The molecule has 1 aromatic rings. The van der Waals surface area contributed by atoms with Gasteiger partial charge >= 0.3 is 0 Å². The van der Waals surface area contributed by atoms with E-state index in [0.29, 0.717) is 6.61 Å². The fourth-order valence-corrected chi connectivity index (χ4v) is 2.74. The molecule has 0 N–H and O–H groups in total. The van der Waals surface area contributed by atoms with Crippen LogP contribution in [0.25, 0.3) is 0 Å². The molecular weight excluding hydrogens is 336 g/mol. The van der Waals surface area contributed by atoms with Gasteiger partial charge in [0.15, 0.2) is 5.78 Å². The lowest BCUT2D eigenvalue weighted by atomic mass is 9.92. The molecule has 1 unspecified atom stereocenters. The van der Waals surface area contributed by atoms with Gasteiger partial charge in [-0.3, -0.25) is 4.79 Å². The van der Waals surface area contributed by atoms with Gasteiger partial charge in [-0.15, -0.1) is 0 Å². The van der Waals surface area contributed by atoms with Crippen LogP contribution in [-0.2, 0) is 4.74 Å². The van der Waals surface area contributed by atoms with Crippen LogP contribution in [0.3, 0.4) is 0 Å². The van der Waals surface area contributed by atoms with E-state index >= 15 is 0 Å². The van der Waals surface area contributed by atoms with Crippen LogP contribution in [0, 0.1) is 0 Å². The van der Waals surface area contributed by atoms with E-state index in [0.717, 1.165) is 29.5 Å². The summed E-state index contributed by atoms with van der Waals surface area (Å²) in [5, 5.41) is 0. The molecule has 0 saturated carbocycles. The molecule has 0 bridgehead atoms. The lowest BCUT2D eigenvalue weighted by Crippen LogP contribution is -2.40. The average Bonchev–Trinajstić information content (AvgIpc) is 2.30. The van der Waals surface area contributed by atoms with Gasteiger partial charge in [-0.1, -0.05) is 44.0 Å². The third kappa shape index (κ3) is 2.55. The Hall–Kier alpha value is -0.190. The fourth-order valence-electron chi connectivity index (χ4n) is 1.80. The van der Waals surface area contributed by atoms with Crippen molar-refractivity contribution in [3.63, 3.8) is 0 Å². The van der Waals surface area contributed by atoms with E-state index in [1.807, 2.05) is 24.3 Å². The summed E-state index contributed by atoms with van der Waals surface area (Å²) < 4.78 is 5.83. The van der Waals surface area contributed by atoms with Gasteiger partial charge in [0.25, 0.3) is 0 Å². The molecule has 0 radical (unpaired) electrons. The third-order valence-electron chi connectivity index (χ3n) is 2.71. The zero-order valence-corrected chi connectivity index (χ0v) is 11.9. The number of carbonyl (C=O) groups is 1. The predicted octanol–water partition coefficient (Wildman–Crippen LogP) is 3.58. The van der Waals surface area contributed by atoms with Gasteiger partial charge in [-0.05, 0) is 25.0 Å². The van der Waals surface area contributed by atoms with Gasteiger partial charge in [0.1, 0.15) is 4.32 Å². The second kappa shape index (κ2) is 4.98. The lowest BCUT2D eigenvalue weighted by Gasteiger charge is -2.30. The number of rotatable bonds is 2. The zero-order valence-electron chi connectivity index (χ0n) is 8.71. The quantitative estimate of drug-likeness (QED) is 0.603. The molecule has 0 aliphatic carbocycles. The molecule has 1 aromatic carbocycles. The first-order chi connectivity index (χ1) is 7.62. The molecule has 1 saturated heterocycles.